The standard InChI is InChI=1S/C59H36O/c1-3-17-42(18-4-1)59(43-19-5-2-6-20-43)54-35-41(58-46-22-10-8-15-38(46)32-51-44-21-9-7-14-37(44)26-30-49(51)58)27-29-47(54)52-33-39-16-13-24-45(50(39)36-55(52)59)40-28-31-57-53(34-40)48-23-11-12-25-56(48)60-57/h1-36H. The highest BCUT2D eigenvalue weighted by Crippen LogP contribution is 2.58. The molecule has 0 amide bonds. The Balaban J connectivity index is 1.12. The van der Waals surface area contributed by atoms with Crippen molar-refractivity contribution in [1.29, 1.82) is 0 Å². The molecule has 278 valence electrons. The molecule has 0 aliphatic heterocycles. The number of furan rings is 1. The first kappa shape index (κ1) is 33.3. The lowest BCUT2D eigenvalue weighted by molar-refractivity contribution is 0.669. The summed E-state index contributed by atoms with van der Waals surface area (Å²) in [5.41, 5.74) is 13.8. The van der Waals surface area contributed by atoms with Gasteiger partial charge >= 0.3 is 0 Å². The van der Waals surface area contributed by atoms with E-state index in [0.29, 0.717) is 0 Å². The van der Waals surface area contributed by atoms with Crippen molar-refractivity contribution in [3.63, 3.8) is 0 Å². The van der Waals surface area contributed by atoms with Gasteiger partial charge in [-0.05, 0) is 141 Å². The van der Waals surface area contributed by atoms with Gasteiger partial charge in [-0.25, -0.2) is 0 Å². The van der Waals surface area contributed by atoms with Crippen molar-refractivity contribution < 1.29 is 4.42 Å². The van der Waals surface area contributed by atoms with Crippen molar-refractivity contribution in [2.45, 2.75) is 5.41 Å². The Kier molecular flexibility index (Phi) is 7.00. The van der Waals surface area contributed by atoms with Gasteiger partial charge in [-0.3, -0.25) is 0 Å². The van der Waals surface area contributed by atoms with Gasteiger partial charge in [0.2, 0.25) is 0 Å². The highest BCUT2D eigenvalue weighted by atomic mass is 16.3. The quantitative estimate of drug-likeness (QED) is 0.129. The van der Waals surface area contributed by atoms with Gasteiger partial charge in [0.1, 0.15) is 11.2 Å². The van der Waals surface area contributed by atoms with Crippen LogP contribution in [-0.4, -0.2) is 0 Å². The van der Waals surface area contributed by atoms with E-state index in [9.17, 15) is 0 Å². The molecule has 0 unspecified atom stereocenters. The van der Waals surface area contributed by atoms with Gasteiger partial charge in [0.15, 0.2) is 0 Å². The topological polar surface area (TPSA) is 13.1 Å². The fourth-order valence-corrected chi connectivity index (χ4v) is 10.7. The summed E-state index contributed by atoms with van der Waals surface area (Å²) in [6, 6.07) is 81.0. The zero-order valence-corrected chi connectivity index (χ0v) is 32.7. The zero-order chi connectivity index (χ0) is 39.4. The molecule has 1 aromatic heterocycles. The third-order valence-electron chi connectivity index (χ3n) is 13.3. The molecule has 0 bridgehead atoms. The predicted octanol–water partition coefficient (Wildman–Crippen LogP) is 15.9. The molecule has 1 heteroatoms. The third kappa shape index (κ3) is 4.63. The number of para-hydroxylation sites is 1. The van der Waals surface area contributed by atoms with E-state index in [1.54, 1.807) is 0 Å². The van der Waals surface area contributed by atoms with Crippen LogP contribution in [-0.2, 0) is 5.41 Å². The van der Waals surface area contributed by atoms with Crippen LogP contribution in [0.3, 0.4) is 0 Å². The van der Waals surface area contributed by atoms with Crippen molar-refractivity contribution in [3.05, 3.63) is 241 Å². The fraction of sp³-hybridized carbons (Fsp3) is 0.0169. The molecule has 0 saturated heterocycles. The number of rotatable bonds is 4. The first-order valence-electron chi connectivity index (χ1n) is 20.8. The van der Waals surface area contributed by atoms with E-state index < -0.39 is 5.41 Å². The largest absolute Gasteiger partial charge is 0.456 e. The summed E-state index contributed by atoms with van der Waals surface area (Å²) in [6.07, 6.45) is 0. The SMILES string of the molecule is c1ccc(C2(c3ccccc3)c3cc(-c4c5ccccc5cc5c4ccc4ccccc45)ccc3-c3cc4cccc(-c5ccc6oc7ccccc7c6c5)c4cc32)cc1. The highest BCUT2D eigenvalue weighted by molar-refractivity contribution is 6.20. The molecule has 0 saturated carbocycles. The minimum Gasteiger partial charge on any atom is -0.456 e. The first-order valence-corrected chi connectivity index (χ1v) is 20.8. The minimum atomic E-state index is -0.581. The first-order chi connectivity index (χ1) is 29.7. The Labute approximate surface area is 347 Å². The van der Waals surface area contributed by atoms with Crippen LogP contribution in [0.15, 0.2) is 223 Å². The number of hydrogen-bond donors (Lipinski definition) is 0. The maximum atomic E-state index is 6.26. The van der Waals surface area contributed by atoms with Gasteiger partial charge in [-0.15, -0.1) is 0 Å². The molecular weight excluding hydrogens is 725 g/mol. The van der Waals surface area contributed by atoms with Gasteiger partial charge in [-0.2, -0.15) is 0 Å². The zero-order valence-electron chi connectivity index (χ0n) is 32.7. The van der Waals surface area contributed by atoms with Gasteiger partial charge in [0.05, 0.1) is 5.41 Å². The lowest BCUT2D eigenvalue weighted by atomic mass is 9.67. The highest BCUT2D eigenvalue weighted by Gasteiger charge is 2.46. The van der Waals surface area contributed by atoms with Crippen molar-refractivity contribution >= 4 is 65.0 Å². The number of fused-ring (bicyclic) bond motifs is 11. The van der Waals surface area contributed by atoms with Crippen LogP contribution in [0.4, 0.5) is 0 Å². The molecule has 1 nitrogen and oxygen atoms in total. The molecule has 12 aromatic rings. The molecule has 11 aromatic carbocycles. The summed E-state index contributed by atoms with van der Waals surface area (Å²) in [5.74, 6) is 0. The maximum absolute atomic E-state index is 6.26. The molecule has 13 rings (SSSR count). The summed E-state index contributed by atoms with van der Waals surface area (Å²) in [6.45, 7) is 0. The molecule has 0 atom stereocenters. The third-order valence-corrected chi connectivity index (χ3v) is 13.3. The van der Waals surface area contributed by atoms with Crippen LogP contribution in [0.1, 0.15) is 22.3 Å². The Bertz CT molecular complexity index is 3660. The summed E-state index contributed by atoms with van der Waals surface area (Å²) in [4.78, 5) is 0. The maximum Gasteiger partial charge on any atom is 0.135 e. The van der Waals surface area contributed by atoms with Crippen LogP contribution < -0.4 is 0 Å². The van der Waals surface area contributed by atoms with Gasteiger partial charge < -0.3 is 4.42 Å². The Morgan fingerprint density at radius 2 is 0.917 bits per heavy atom. The second-order valence-electron chi connectivity index (χ2n) is 16.3. The average molecular weight is 761 g/mol. The van der Waals surface area contributed by atoms with E-state index in [2.05, 4.69) is 212 Å². The second-order valence-corrected chi connectivity index (χ2v) is 16.3. The molecule has 60 heavy (non-hydrogen) atoms. The molecule has 0 radical (unpaired) electrons. The summed E-state index contributed by atoms with van der Waals surface area (Å²) >= 11 is 0. The lowest BCUT2D eigenvalue weighted by Crippen LogP contribution is -2.28. The second kappa shape index (κ2) is 12.6. The molecule has 0 spiro atoms. The van der Waals surface area contributed by atoms with Crippen molar-refractivity contribution in [1.82, 2.24) is 0 Å². The average Bonchev–Trinajstić information content (AvgIpc) is 3.83. The van der Waals surface area contributed by atoms with Crippen LogP contribution in [0.5, 0.6) is 0 Å². The van der Waals surface area contributed by atoms with Crippen LogP contribution in [0.25, 0.3) is 98.4 Å². The minimum absolute atomic E-state index is 0.581. The number of hydrogen-bond acceptors (Lipinski definition) is 1. The molecule has 1 aliphatic carbocycles. The summed E-state index contributed by atoms with van der Waals surface area (Å²) in [7, 11) is 0. The molecule has 1 heterocycles. The molecule has 1 aliphatic rings. The van der Waals surface area contributed by atoms with Crippen LogP contribution >= 0.6 is 0 Å². The van der Waals surface area contributed by atoms with Crippen LogP contribution in [0, 0.1) is 0 Å². The van der Waals surface area contributed by atoms with E-state index in [1.165, 1.54) is 98.7 Å². The van der Waals surface area contributed by atoms with Crippen molar-refractivity contribution in [2.24, 2.45) is 0 Å². The van der Waals surface area contributed by atoms with E-state index in [4.69, 9.17) is 4.42 Å². The van der Waals surface area contributed by atoms with Crippen molar-refractivity contribution in [3.8, 4) is 33.4 Å². The van der Waals surface area contributed by atoms with E-state index >= 15 is 0 Å². The lowest BCUT2D eigenvalue weighted by Gasteiger charge is -2.34. The summed E-state index contributed by atoms with van der Waals surface area (Å²) in [5, 5.41) is 12.3. The van der Waals surface area contributed by atoms with E-state index in [-0.39, 0.29) is 0 Å². The van der Waals surface area contributed by atoms with E-state index in [1.807, 2.05) is 6.07 Å². The fourth-order valence-electron chi connectivity index (χ4n) is 10.7. The van der Waals surface area contributed by atoms with Crippen LogP contribution in [0.2, 0.25) is 0 Å². The Morgan fingerprint density at radius 3 is 1.73 bits per heavy atom. The monoisotopic (exact) mass is 760 g/mol. The van der Waals surface area contributed by atoms with Gasteiger partial charge in [0.25, 0.3) is 0 Å². The Morgan fingerprint density at radius 1 is 0.283 bits per heavy atom. The van der Waals surface area contributed by atoms with Crippen molar-refractivity contribution in [2.75, 3.05) is 0 Å². The summed E-state index contributed by atoms with van der Waals surface area (Å²) < 4.78 is 6.26. The Hall–Kier alpha value is -7.74. The molecule has 0 fully saturated rings. The molecule has 0 N–H and O–H groups in total. The van der Waals surface area contributed by atoms with Gasteiger partial charge in [-0.1, -0.05) is 176 Å². The van der Waals surface area contributed by atoms with E-state index in [0.717, 1.165) is 21.9 Å². The predicted molar refractivity (Wildman–Crippen MR) is 252 cm³/mol. The molecular formula is C59H36O. The van der Waals surface area contributed by atoms with Gasteiger partial charge in [0, 0.05) is 10.8 Å². The smallest absolute Gasteiger partial charge is 0.135 e. The number of benzene rings is 11. The normalized spacial score (nSPS) is 13.1.